The molecule has 6 heteroatoms. The predicted octanol–water partition coefficient (Wildman–Crippen LogP) is 1.77. The molecular weight excluding hydrogens is 304 g/mol. The van der Waals surface area contributed by atoms with Crippen molar-refractivity contribution in [3.8, 4) is 0 Å². The number of imidazole rings is 1. The van der Waals surface area contributed by atoms with E-state index in [0.29, 0.717) is 13.2 Å². The standard InChI is InChI=1S/C18H24N4O2/c1-21-8-6-20-17(21)11-22-7-4-18(14-22)9-16(13-24-18)23-12-15-3-2-5-19-10-15/h2-3,5-6,8,10,16H,4,7,9,11-14H2,1H3/t16-,18-/m1/s1. The summed E-state index contributed by atoms with van der Waals surface area (Å²) in [5.41, 5.74) is 1.08. The van der Waals surface area contributed by atoms with Gasteiger partial charge in [-0.3, -0.25) is 9.88 Å². The van der Waals surface area contributed by atoms with Crippen LogP contribution in [0.3, 0.4) is 0 Å². The van der Waals surface area contributed by atoms with Crippen molar-refractivity contribution in [2.45, 2.75) is 37.7 Å². The maximum absolute atomic E-state index is 6.17. The molecule has 2 atom stereocenters. The Labute approximate surface area is 142 Å². The topological polar surface area (TPSA) is 52.4 Å². The Hall–Kier alpha value is -1.76. The largest absolute Gasteiger partial charge is 0.371 e. The van der Waals surface area contributed by atoms with Gasteiger partial charge in [0.1, 0.15) is 5.82 Å². The zero-order valence-corrected chi connectivity index (χ0v) is 14.1. The van der Waals surface area contributed by atoms with Gasteiger partial charge in [0.25, 0.3) is 0 Å². The van der Waals surface area contributed by atoms with Crippen molar-refractivity contribution in [2.24, 2.45) is 7.05 Å². The molecule has 6 nitrogen and oxygen atoms in total. The number of hydrogen-bond acceptors (Lipinski definition) is 5. The van der Waals surface area contributed by atoms with E-state index < -0.39 is 0 Å². The van der Waals surface area contributed by atoms with Gasteiger partial charge in [-0.2, -0.15) is 0 Å². The molecule has 2 saturated heterocycles. The molecule has 2 aliphatic heterocycles. The van der Waals surface area contributed by atoms with Crippen LogP contribution in [0.15, 0.2) is 36.9 Å². The Morgan fingerprint density at radius 1 is 1.42 bits per heavy atom. The molecule has 4 heterocycles. The number of nitrogens with zero attached hydrogens (tertiary/aromatic N) is 4. The van der Waals surface area contributed by atoms with Gasteiger partial charge in [-0.1, -0.05) is 6.07 Å². The second-order valence-corrected chi connectivity index (χ2v) is 6.91. The minimum Gasteiger partial charge on any atom is -0.371 e. The van der Waals surface area contributed by atoms with Gasteiger partial charge in [-0.05, 0) is 18.1 Å². The van der Waals surface area contributed by atoms with Gasteiger partial charge in [0.15, 0.2) is 0 Å². The third-order valence-electron chi connectivity index (χ3n) is 5.06. The molecule has 0 saturated carbocycles. The van der Waals surface area contributed by atoms with Crippen molar-refractivity contribution in [1.82, 2.24) is 19.4 Å². The lowest BCUT2D eigenvalue weighted by Crippen LogP contribution is -2.33. The monoisotopic (exact) mass is 328 g/mol. The van der Waals surface area contributed by atoms with Gasteiger partial charge in [0.2, 0.25) is 0 Å². The number of pyridine rings is 1. The number of rotatable bonds is 5. The SMILES string of the molecule is Cn1ccnc1CN1CC[C@@]2(C[C@@H](OCc3cccnc3)CO2)C1. The number of ether oxygens (including phenoxy) is 2. The van der Waals surface area contributed by atoms with Gasteiger partial charge in [0.05, 0.1) is 31.5 Å². The molecule has 4 rings (SSSR count). The fraction of sp³-hybridized carbons (Fsp3) is 0.556. The summed E-state index contributed by atoms with van der Waals surface area (Å²) in [5.74, 6) is 1.11. The highest BCUT2D eigenvalue weighted by atomic mass is 16.6. The zero-order valence-electron chi connectivity index (χ0n) is 14.1. The van der Waals surface area contributed by atoms with Crippen molar-refractivity contribution >= 4 is 0 Å². The highest BCUT2D eigenvalue weighted by Crippen LogP contribution is 2.36. The lowest BCUT2D eigenvalue weighted by molar-refractivity contribution is -0.000585. The highest BCUT2D eigenvalue weighted by Gasteiger charge is 2.45. The van der Waals surface area contributed by atoms with E-state index >= 15 is 0 Å². The van der Waals surface area contributed by atoms with E-state index in [-0.39, 0.29) is 11.7 Å². The molecule has 0 bridgehead atoms. The predicted molar refractivity (Wildman–Crippen MR) is 89.2 cm³/mol. The normalized spacial score (nSPS) is 27.3. The van der Waals surface area contributed by atoms with Crippen LogP contribution in [-0.4, -0.2) is 50.8 Å². The summed E-state index contributed by atoms with van der Waals surface area (Å²) in [6.45, 7) is 4.20. The Balaban J connectivity index is 1.29. The van der Waals surface area contributed by atoms with Crippen molar-refractivity contribution in [3.05, 3.63) is 48.3 Å². The van der Waals surface area contributed by atoms with Crippen molar-refractivity contribution in [3.63, 3.8) is 0 Å². The third-order valence-corrected chi connectivity index (χ3v) is 5.06. The first-order valence-corrected chi connectivity index (χ1v) is 8.55. The maximum atomic E-state index is 6.17. The third kappa shape index (κ3) is 3.36. The maximum Gasteiger partial charge on any atom is 0.122 e. The lowest BCUT2D eigenvalue weighted by Gasteiger charge is -2.23. The summed E-state index contributed by atoms with van der Waals surface area (Å²) in [6, 6.07) is 3.99. The van der Waals surface area contributed by atoms with E-state index in [4.69, 9.17) is 9.47 Å². The van der Waals surface area contributed by atoms with Crippen LogP contribution >= 0.6 is 0 Å². The van der Waals surface area contributed by atoms with Crippen LogP contribution in [0, 0.1) is 0 Å². The summed E-state index contributed by atoms with van der Waals surface area (Å²) < 4.78 is 14.3. The highest BCUT2D eigenvalue weighted by molar-refractivity contribution is 5.07. The Morgan fingerprint density at radius 3 is 3.17 bits per heavy atom. The molecule has 2 aromatic rings. The van der Waals surface area contributed by atoms with E-state index in [1.54, 1.807) is 6.20 Å². The molecule has 2 aromatic heterocycles. The first-order valence-electron chi connectivity index (χ1n) is 8.55. The van der Waals surface area contributed by atoms with E-state index in [1.807, 2.05) is 37.8 Å². The molecule has 0 amide bonds. The zero-order chi connectivity index (χ0) is 16.4. The summed E-state index contributed by atoms with van der Waals surface area (Å²) in [6.07, 6.45) is 9.72. The minimum absolute atomic E-state index is 0.0369. The van der Waals surface area contributed by atoms with Crippen LogP contribution < -0.4 is 0 Å². The molecule has 0 N–H and O–H groups in total. The average Bonchev–Trinajstić information content (AvgIpc) is 3.30. The number of aryl methyl sites for hydroxylation is 1. The molecule has 0 aromatic carbocycles. The van der Waals surface area contributed by atoms with Gasteiger partial charge >= 0.3 is 0 Å². The quantitative estimate of drug-likeness (QED) is 0.837. The molecule has 0 unspecified atom stereocenters. The van der Waals surface area contributed by atoms with E-state index in [1.165, 1.54) is 0 Å². The van der Waals surface area contributed by atoms with E-state index in [9.17, 15) is 0 Å². The van der Waals surface area contributed by atoms with Crippen molar-refractivity contribution in [2.75, 3.05) is 19.7 Å². The molecule has 2 fully saturated rings. The van der Waals surface area contributed by atoms with Crippen LogP contribution in [-0.2, 0) is 29.7 Å². The van der Waals surface area contributed by atoms with Gasteiger partial charge in [0, 0.05) is 51.3 Å². The Bertz CT molecular complexity index is 675. The molecule has 0 radical (unpaired) electrons. The van der Waals surface area contributed by atoms with Crippen LogP contribution in [0.25, 0.3) is 0 Å². The van der Waals surface area contributed by atoms with Crippen LogP contribution in [0.1, 0.15) is 24.2 Å². The molecule has 2 aliphatic rings. The minimum atomic E-state index is -0.0369. The summed E-state index contributed by atoms with van der Waals surface area (Å²) >= 11 is 0. The van der Waals surface area contributed by atoms with Crippen LogP contribution in [0.5, 0.6) is 0 Å². The Morgan fingerprint density at radius 2 is 2.38 bits per heavy atom. The van der Waals surface area contributed by atoms with E-state index in [2.05, 4.69) is 19.4 Å². The van der Waals surface area contributed by atoms with E-state index in [0.717, 1.165) is 43.9 Å². The smallest absolute Gasteiger partial charge is 0.122 e. The number of aromatic nitrogens is 3. The summed E-state index contributed by atoms with van der Waals surface area (Å²) in [5, 5.41) is 0. The van der Waals surface area contributed by atoms with Crippen LogP contribution in [0.4, 0.5) is 0 Å². The Kier molecular flexibility index (Phi) is 4.35. The fourth-order valence-electron chi connectivity index (χ4n) is 3.70. The van der Waals surface area contributed by atoms with Crippen molar-refractivity contribution < 1.29 is 9.47 Å². The first-order chi connectivity index (χ1) is 11.7. The second-order valence-electron chi connectivity index (χ2n) is 6.91. The van der Waals surface area contributed by atoms with Crippen molar-refractivity contribution in [1.29, 1.82) is 0 Å². The average molecular weight is 328 g/mol. The lowest BCUT2D eigenvalue weighted by atomic mass is 9.98. The summed E-state index contributed by atoms with van der Waals surface area (Å²) in [4.78, 5) is 11.0. The van der Waals surface area contributed by atoms with Gasteiger partial charge < -0.3 is 14.0 Å². The first kappa shape index (κ1) is 15.7. The molecule has 0 aliphatic carbocycles. The van der Waals surface area contributed by atoms with Gasteiger partial charge in [-0.15, -0.1) is 0 Å². The number of likely N-dealkylation sites (tertiary alicyclic amines) is 1. The molecule has 24 heavy (non-hydrogen) atoms. The molecular formula is C18H24N4O2. The second kappa shape index (κ2) is 6.63. The molecule has 1 spiro atoms. The number of hydrogen-bond donors (Lipinski definition) is 0. The van der Waals surface area contributed by atoms with Gasteiger partial charge in [-0.25, -0.2) is 4.98 Å². The van der Waals surface area contributed by atoms with Crippen LogP contribution in [0.2, 0.25) is 0 Å². The molecule has 128 valence electrons. The fourth-order valence-corrected chi connectivity index (χ4v) is 3.70. The summed E-state index contributed by atoms with van der Waals surface area (Å²) in [7, 11) is 2.04.